The Labute approximate surface area is 98.4 Å². The minimum absolute atomic E-state index is 0.0617. The zero-order valence-corrected chi connectivity index (χ0v) is 10.2. The molecule has 0 unspecified atom stereocenters. The number of nitrogens with one attached hydrogen (secondary N) is 1. The van der Waals surface area contributed by atoms with Crippen LogP contribution in [-0.2, 0) is 9.53 Å². The van der Waals surface area contributed by atoms with E-state index in [-0.39, 0.29) is 12.5 Å². The number of carbonyl (C=O) groups is 1. The van der Waals surface area contributed by atoms with Crippen molar-refractivity contribution in [2.45, 2.75) is 0 Å². The van der Waals surface area contributed by atoms with Crippen molar-refractivity contribution in [3.63, 3.8) is 0 Å². The number of anilines is 2. The molecule has 6 nitrogen and oxygen atoms in total. The molecule has 0 aliphatic rings. The van der Waals surface area contributed by atoms with Gasteiger partial charge in [-0.3, -0.25) is 4.79 Å². The summed E-state index contributed by atoms with van der Waals surface area (Å²) in [5.41, 5.74) is 5.56. The molecule has 0 atom stereocenters. The van der Waals surface area contributed by atoms with Crippen molar-refractivity contribution in [2.75, 3.05) is 44.5 Å². The predicted molar refractivity (Wildman–Crippen MR) is 64.7 cm³/mol. The molecule has 0 spiro atoms. The molecule has 0 aromatic carbocycles. The van der Waals surface area contributed by atoms with Gasteiger partial charge in [0, 0.05) is 20.7 Å². The van der Waals surface area contributed by atoms with Crippen LogP contribution in [0, 0.1) is 0 Å². The highest BCUT2D eigenvalue weighted by Gasteiger charge is 2.09. The summed E-state index contributed by atoms with van der Waals surface area (Å²) < 4.78 is 4.83. The molecule has 90 valence electrons. The van der Waals surface area contributed by atoms with E-state index in [4.69, 9.17) is 10.5 Å². The minimum atomic E-state index is -0.0617. The zero-order chi connectivity index (χ0) is 12.0. The second kappa shape index (κ2) is 6.29. The standard InChI is InChI=1S/C9H16N4O2S/c1-13(9-12-5-7(10)16-9)6-8(14)11-3-4-15-2/h5H,3-4,6,10H2,1-2H3,(H,11,14). The first-order chi connectivity index (χ1) is 7.63. The van der Waals surface area contributed by atoms with Gasteiger partial charge in [0.25, 0.3) is 0 Å². The SMILES string of the molecule is COCCNC(=O)CN(C)c1ncc(N)s1. The molecule has 7 heteroatoms. The summed E-state index contributed by atoms with van der Waals surface area (Å²) in [6.45, 7) is 1.29. The summed E-state index contributed by atoms with van der Waals surface area (Å²) in [4.78, 5) is 17.3. The van der Waals surface area contributed by atoms with E-state index >= 15 is 0 Å². The van der Waals surface area contributed by atoms with Crippen LogP contribution >= 0.6 is 11.3 Å². The number of ether oxygens (including phenoxy) is 1. The molecular weight excluding hydrogens is 228 g/mol. The van der Waals surface area contributed by atoms with Crippen LogP contribution in [0.3, 0.4) is 0 Å². The lowest BCUT2D eigenvalue weighted by Crippen LogP contribution is -2.36. The lowest BCUT2D eigenvalue weighted by molar-refractivity contribution is -0.119. The maximum atomic E-state index is 11.4. The second-order valence-electron chi connectivity index (χ2n) is 3.24. The summed E-state index contributed by atoms with van der Waals surface area (Å²) >= 11 is 1.35. The highest BCUT2D eigenvalue weighted by Crippen LogP contribution is 2.22. The monoisotopic (exact) mass is 244 g/mol. The Balaban J connectivity index is 2.33. The van der Waals surface area contributed by atoms with Crippen molar-refractivity contribution in [1.82, 2.24) is 10.3 Å². The molecule has 0 fully saturated rings. The van der Waals surface area contributed by atoms with Gasteiger partial charge in [-0.05, 0) is 0 Å². The summed E-state index contributed by atoms with van der Waals surface area (Å²) in [7, 11) is 3.39. The molecule has 1 heterocycles. The van der Waals surface area contributed by atoms with Gasteiger partial charge in [-0.25, -0.2) is 4.98 Å². The van der Waals surface area contributed by atoms with Gasteiger partial charge in [-0.1, -0.05) is 11.3 Å². The Kier molecular flexibility index (Phi) is 5.00. The molecule has 1 aromatic heterocycles. The average molecular weight is 244 g/mol. The number of hydrogen-bond acceptors (Lipinski definition) is 6. The normalized spacial score (nSPS) is 10.1. The zero-order valence-electron chi connectivity index (χ0n) is 9.40. The number of rotatable bonds is 6. The van der Waals surface area contributed by atoms with E-state index < -0.39 is 0 Å². The van der Waals surface area contributed by atoms with Crippen molar-refractivity contribution in [2.24, 2.45) is 0 Å². The molecule has 1 rings (SSSR count). The number of nitrogens with zero attached hydrogens (tertiary/aromatic N) is 2. The number of nitrogen functional groups attached to an aromatic ring is 1. The minimum Gasteiger partial charge on any atom is -0.389 e. The van der Waals surface area contributed by atoms with Crippen LogP contribution in [0.1, 0.15) is 0 Å². The van der Waals surface area contributed by atoms with Gasteiger partial charge < -0.3 is 20.7 Å². The summed E-state index contributed by atoms with van der Waals surface area (Å²) in [5.74, 6) is -0.0617. The Hall–Kier alpha value is -1.34. The third-order valence-corrected chi connectivity index (χ3v) is 2.79. The van der Waals surface area contributed by atoms with Crippen LogP contribution in [0.5, 0.6) is 0 Å². The number of hydrogen-bond donors (Lipinski definition) is 2. The molecule has 0 saturated heterocycles. The number of amides is 1. The maximum absolute atomic E-state index is 11.4. The highest BCUT2D eigenvalue weighted by molar-refractivity contribution is 7.19. The fourth-order valence-corrected chi connectivity index (χ4v) is 1.73. The molecule has 0 radical (unpaired) electrons. The molecule has 0 aliphatic carbocycles. The maximum Gasteiger partial charge on any atom is 0.239 e. The van der Waals surface area contributed by atoms with Crippen molar-refractivity contribution in [3.8, 4) is 0 Å². The van der Waals surface area contributed by atoms with E-state index in [0.29, 0.717) is 18.2 Å². The van der Waals surface area contributed by atoms with Crippen molar-refractivity contribution >= 4 is 27.4 Å². The van der Waals surface area contributed by atoms with Gasteiger partial charge in [0.05, 0.1) is 19.3 Å². The number of likely N-dealkylation sites (N-methyl/N-ethyl adjacent to an activating group) is 1. The Morgan fingerprint density at radius 3 is 3.06 bits per heavy atom. The molecule has 16 heavy (non-hydrogen) atoms. The molecule has 0 saturated carbocycles. The number of nitrogens with two attached hydrogens (primary N) is 1. The molecule has 1 amide bonds. The molecule has 0 bridgehead atoms. The molecule has 1 aromatic rings. The van der Waals surface area contributed by atoms with Crippen LogP contribution in [0.4, 0.5) is 10.1 Å². The van der Waals surface area contributed by atoms with Crippen LogP contribution in [0.2, 0.25) is 0 Å². The largest absolute Gasteiger partial charge is 0.389 e. The van der Waals surface area contributed by atoms with Gasteiger partial charge >= 0.3 is 0 Å². The van der Waals surface area contributed by atoms with Crippen molar-refractivity contribution < 1.29 is 9.53 Å². The van der Waals surface area contributed by atoms with Crippen molar-refractivity contribution in [1.29, 1.82) is 0 Å². The topological polar surface area (TPSA) is 80.5 Å². The van der Waals surface area contributed by atoms with E-state index in [9.17, 15) is 4.79 Å². The third-order valence-electron chi connectivity index (χ3n) is 1.85. The quantitative estimate of drug-likeness (QED) is 0.684. The Bertz CT molecular complexity index is 342. The van der Waals surface area contributed by atoms with Gasteiger partial charge in [-0.2, -0.15) is 0 Å². The van der Waals surface area contributed by atoms with Gasteiger partial charge in [0.15, 0.2) is 5.13 Å². The molecule has 3 N–H and O–H groups in total. The summed E-state index contributed by atoms with van der Waals surface area (Å²) in [5, 5.41) is 4.11. The van der Waals surface area contributed by atoms with Crippen LogP contribution in [0.25, 0.3) is 0 Å². The van der Waals surface area contributed by atoms with E-state index in [1.165, 1.54) is 11.3 Å². The van der Waals surface area contributed by atoms with Crippen LogP contribution in [-0.4, -0.2) is 44.7 Å². The lowest BCUT2D eigenvalue weighted by atomic mass is 10.5. The smallest absolute Gasteiger partial charge is 0.239 e. The van der Waals surface area contributed by atoms with E-state index in [1.807, 2.05) is 0 Å². The van der Waals surface area contributed by atoms with Gasteiger partial charge in [-0.15, -0.1) is 0 Å². The first kappa shape index (κ1) is 12.7. The average Bonchev–Trinajstić information content (AvgIpc) is 2.65. The van der Waals surface area contributed by atoms with Crippen LogP contribution < -0.4 is 16.0 Å². The van der Waals surface area contributed by atoms with E-state index in [1.54, 1.807) is 25.3 Å². The second-order valence-corrected chi connectivity index (χ2v) is 4.28. The van der Waals surface area contributed by atoms with E-state index in [0.717, 1.165) is 5.13 Å². The Morgan fingerprint density at radius 2 is 2.50 bits per heavy atom. The number of aromatic nitrogens is 1. The summed E-state index contributed by atoms with van der Waals surface area (Å²) in [6, 6.07) is 0. The number of thiazole rings is 1. The predicted octanol–water partition coefficient (Wildman–Crippen LogP) is -0.0759. The lowest BCUT2D eigenvalue weighted by Gasteiger charge is -2.14. The first-order valence-electron chi connectivity index (χ1n) is 4.81. The number of carbonyl (C=O) groups excluding carboxylic acids is 1. The Morgan fingerprint density at radius 1 is 1.75 bits per heavy atom. The third kappa shape index (κ3) is 4.03. The van der Waals surface area contributed by atoms with Crippen LogP contribution in [0.15, 0.2) is 6.20 Å². The highest BCUT2D eigenvalue weighted by atomic mass is 32.1. The number of methoxy groups -OCH3 is 1. The fourth-order valence-electron chi connectivity index (χ4n) is 1.08. The van der Waals surface area contributed by atoms with Gasteiger partial charge in [0.2, 0.25) is 5.91 Å². The molecule has 0 aliphatic heterocycles. The fraction of sp³-hybridized carbons (Fsp3) is 0.556. The van der Waals surface area contributed by atoms with Gasteiger partial charge in [0.1, 0.15) is 5.00 Å². The molecular formula is C9H16N4O2S. The van der Waals surface area contributed by atoms with Crippen molar-refractivity contribution in [3.05, 3.63) is 6.20 Å². The first-order valence-corrected chi connectivity index (χ1v) is 5.63. The van der Waals surface area contributed by atoms with E-state index in [2.05, 4.69) is 10.3 Å². The summed E-state index contributed by atoms with van der Waals surface area (Å²) in [6.07, 6.45) is 1.58.